The van der Waals surface area contributed by atoms with Gasteiger partial charge in [-0.05, 0) is 123 Å². The molecule has 21 heteroatoms. The highest BCUT2D eigenvalue weighted by Gasteiger charge is 2.75. The molecular formula is C48H76O21. The summed E-state index contributed by atoms with van der Waals surface area (Å²) in [5, 5.41) is 141. The van der Waals surface area contributed by atoms with Gasteiger partial charge < -0.3 is 94.8 Å². The van der Waals surface area contributed by atoms with E-state index in [2.05, 4.69) is 27.4 Å². The second kappa shape index (κ2) is 19.0. The van der Waals surface area contributed by atoms with Crippen molar-refractivity contribution in [1.82, 2.24) is 0 Å². The number of aliphatic hydroxyl groups is 12. The number of esters is 1. The number of carbonyl (C=O) groups excluding carboxylic acids is 1. The largest absolute Gasteiger partial charge is 0.481 e. The molecule has 0 aromatic rings. The van der Waals surface area contributed by atoms with Crippen LogP contribution >= 0.6 is 0 Å². The van der Waals surface area contributed by atoms with E-state index in [4.69, 9.17) is 28.4 Å². The number of fused-ring (bicyclic) bond motifs is 7. The van der Waals surface area contributed by atoms with E-state index in [1.165, 1.54) is 6.92 Å². The summed E-state index contributed by atoms with van der Waals surface area (Å²) in [6, 6.07) is 0. The Morgan fingerprint density at radius 1 is 0.681 bits per heavy atom. The number of hydrogen-bond acceptors (Lipinski definition) is 20. The summed E-state index contributed by atoms with van der Waals surface area (Å²) >= 11 is 0. The number of carbonyl (C=O) groups is 2. The Bertz CT molecular complexity index is 1910. The lowest BCUT2D eigenvalue weighted by atomic mass is 9.31. The predicted molar refractivity (Wildman–Crippen MR) is 233 cm³/mol. The van der Waals surface area contributed by atoms with Crippen molar-refractivity contribution in [3.05, 3.63) is 12.2 Å². The lowest BCUT2D eigenvalue weighted by molar-refractivity contribution is -0.361. The van der Waals surface area contributed by atoms with Gasteiger partial charge in [0.25, 0.3) is 0 Å². The molecule has 0 amide bonds. The maximum absolute atomic E-state index is 15.0. The third-order valence-electron chi connectivity index (χ3n) is 19.8. The second-order valence-electron chi connectivity index (χ2n) is 22.8. The zero-order valence-corrected chi connectivity index (χ0v) is 40.0. The number of ether oxygens (including phenoxy) is 6. The minimum atomic E-state index is -1.94. The molecule has 3 saturated heterocycles. The van der Waals surface area contributed by atoms with Crippen molar-refractivity contribution in [2.45, 2.75) is 197 Å². The summed E-state index contributed by atoms with van der Waals surface area (Å²) in [4.78, 5) is 27.9. The van der Waals surface area contributed by atoms with Gasteiger partial charge in [0.15, 0.2) is 12.6 Å². The molecule has 3 heterocycles. The average Bonchev–Trinajstić information content (AvgIpc) is 3.72. The van der Waals surface area contributed by atoms with Gasteiger partial charge in [-0.15, -0.1) is 0 Å². The molecule has 21 nitrogen and oxygen atoms in total. The summed E-state index contributed by atoms with van der Waals surface area (Å²) in [6.45, 7) is 11.9. The maximum Gasteiger partial charge on any atom is 0.314 e. The van der Waals surface area contributed by atoms with Crippen LogP contribution in [0, 0.1) is 56.7 Å². The number of aliphatic carboxylic acids is 1. The van der Waals surface area contributed by atoms with Crippen molar-refractivity contribution >= 4 is 11.9 Å². The van der Waals surface area contributed by atoms with Gasteiger partial charge in [0, 0.05) is 0 Å². The van der Waals surface area contributed by atoms with E-state index in [0.717, 1.165) is 0 Å². The lowest BCUT2D eigenvalue weighted by Crippen LogP contribution is -2.71. The molecule has 0 aromatic heterocycles. The van der Waals surface area contributed by atoms with E-state index in [-0.39, 0.29) is 37.2 Å². The van der Waals surface area contributed by atoms with Gasteiger partial charge in [-0.25, -0.2) is 0 Å². The summed E-state index contributed by atoms with van der Waals surface area (Å²) in [7, 11) is 0. The predicted octanol–water partition coefficient (Wildman–Crippen LogP) is -1.97. The average molecular weight is 989 g/mol. The highest BCUT2D eigenvalue weighted by Crippen LogP contribution is 2.77. The SMILES string of the molecule is C=C(CO)C1CCC2(C(=O)OC3OC(COC4OC(CO)C(OC5OC(C)C(O)C(O)C5O)C(O)C4O)C(O)C(O)C3O)CCC3(C)C(CC(O)C4C5(C)CCC(O)C(C)(C(=O)O)C5CCC43C)C12. The molecule has 394 valence electrons. The van der Waals surface area contributed by atoms with Crippen LogP contribution in [0.1, 0.15) is 92.4 Å². The highest BCUT2D eigenvalue weighted by atomic mass is 16.8. The van der Waals surface area contributed by atoms with Crippen LogP contribution in [0.2, 0.25) is 0 Å². The van der Waals surface area contributed by atoms with Crippen LogP contribution in [0.25, 0.3) is 0 Å². The molecule has 69 heavy (non-hydrogen) atoms. The molecule has 8 aliphatic rings. The first-order valence-corrected chi connectivity index (χ1v) is 24.7. The maximum atomic E-state index is 15.0. The molecule has 0 bridgehead atoms. The van der Waals surface area contributed by atoms with Gasteiger partial charge in [-0.3, -0.25) is 9.59 Å². The Labute approximate surface area is 400 Å². The summed E-state index contributed by atoms with van der Waals surface area (Å²) in [5.74, 6) is -3.73. The number of carboxylic acids is 1. The first kappa shape index (κ1) is 53.3. The zero-order chi connectivity index (χ0) is 50.7. The monoisotopic (exact) mass is 988 g/mol. The fourth-order valence-corrected chi connectivity index (χ4v) is 15.8. The van der Waals surface area contributed by atoms with Gasteiger partial charge in [0.2, 0.25) is 6.29 Å². The van der Waals surface area contributed by atoms with E-state index in [1.54, 1.807) is 6.92 Å². The van der Waals surface area contributed by atoms with Crippen LogP contribution in [0.15, 0.2) is 12.2 Å². The first-order chi connectivity index (χ1) is 32.3. The molecular weight excluding hydrogens is 913 g/mol. The summed E-state index contributed by atoms with van der Waals surface area (Å²) in [5.41, 5.74) is -3.80. The van der Waals surface area contributed by atoms with Gasteiger partial charge in [0.05, 0.1) is 49.0 Å². The molecule has 27 atom stereocenters. The quantitative estimate of drug-likeness (QED) is 0.0789. The van der Waals surface area contributed by atoms with Crippen molar-refractivity contribution in [3.63, 3.8) is 0 Å². The van der Waals surface area contributed by atoms with Crippen LogP contribution in [0.5, 0.6) is 0 Å². The van der Waals surface area contributed by atoms with Crippen molar-refractivity contribution in [3.8, 4) is 0 Å². The standard InChI is InChI=1S/C48H76O21/c1-19(16-49)21-7-12-48(14-13-45(4)22(28(21)48)15-23(51)38-44(3)10-9-27(52)47(6,42(61)62)26(44)8-11-46(38,45)5)43(63)69-41-35(59)32(56)30(54)25(67-41)18-64-39-36(60)33(57)37(24(17-50)66-39)68-40-34(58)31(55)29(53)20(2)65-40/h20-41,49-60H,1,7-18H2,2-6H3,(H,61,62). The topological polar surface area (TPSA) is 353 Å². The highest BCUT2D eigenvalue weighted by molar-refractivity contribution is 5.79. The lowest BCUT2D eigenvalue weighted by Gasteiger charge is -2.73. The van der Waals surface area contributed by atoms with Crippen molar-refractivity contribution in [2.24, 2.45) is 56.7 Å². The fourth-order valence-electron chi connectivity index (χ4n) is 15.8. The normalized spacial score (nSPS) is 55.1. The molecule has 13 N–H and O–H groups in total. The Morgan fingerprint density at radius 2 is 1.32 bits per heavy atom. The third kappa shape index (κ3) is 8.07. The number of rotatable bonds is 11. The van der Waals surface area contributed by atoms with Crippen molar-refractivity contribution in [1.29, 1.82) is 0 Å². The Morgan fingerprint density at radius 3 is 1.97 bits per heavy atom. The minimum absolute atomic E-state index is 0.268. The van der Waals surface area contributed by atoms with Crippen LogP contribution < -0.4 is 0 Å². The van der Waals surface area contributed by atoms with E-state index in [9.17, 15) is 71.2 Å². The van der Waals surface area contributed by atoms with Crippen LogP contribution in [-0.2, 0) is 38.0 Å². The number of aliphatic hydroxyl groups excluding tert-OH is 12. The van der Waals surface area contributed by atoms with E-state index < -0.39 is 168 Å². The van der Waals surface area contributed by atoms with Gasteiger partial charge >= 0.3 is 11.9 Å². The van der Waals surface area contributed by atoms with E-state index in [0.29, 0.717) is 50.5 Å². The molecule has 8 fully saturated rings. The Hall–Kier alpha value is -2.00. The molecule has 27 unspecified atom stereocenters. The number of carboxylic acid groups (broad SMARTS) is 1. The molecule has 0 spiro atoms. The summed E-state index contributed by atoms with van der Waals surface area (Å²) in [6.07, 6.45) is -23.3. The second-order valence-corrected chi connectivity index (χ2v) is 22.8. The minimum Gasteiger partial charge on any atom is -0.481 e. The molecule has 0 aromatic carbocycles. The molecule has 5 saturated carbocycles. The van der Waals surface area contributed by atoms with Gasteiger partial charge in [-0.1, -0.05) is 27.4 Å². The third-order valence-corrected chi connectivity index (χ3v) is 19.8. The molecule has 3 aliphatic heterocycles. The van der Waals surface area contributed by atoms with E-state index >= 15 is 4.79 Å². The van der Waals surface area contributed by atoms with Gasteiger partial charge in [-0.2, -0.15) is 0 Å². The fraction of sp³-hybridized carbons (Fsp3) is 0.917. The van der Waals surface area contributed by atoms with Crippen LogP contribution in [0.4, 0.5) is 0 Å². The molecule has 5 aliphatic carbocycles. The molecule has 8 rings (SSSR count). The Kier molecular flexibility index (Phi) is 14.7. The van der Waals surface area contributed by atoms with Crippen molar-refractivity contribution in [2.75, 3.05) is 19.8 Å². The van der Waals surface area contributed by atoms with Crippen LogP contribution in [-0.4, -0.2) is 202 Å². The van der Waals surface area contributed by atoms with Crippen molar-refractivity contribution < 1.29 is 104 Å². The first-order valence-electron chi connectivity index (χ1n) is 24.7. The molecule has 0 radical (unpaired) electrons. The zero-order valence-electron chi connectivity index (χ0n) is 40.0. The van der Waals surface area contributed by atoms with Gasteiger partial charge in [0.1, 0.15) is 67.1 Å². The smallest absolute Gasteiger partial charge is 0.314 e. The van der Waals surface area contributed by atoms with Crippen LogP contribution in [0.3, 0.4) is 0 Å². The van der Waals surface area contributed by atoms with E-state index in [1.807, 2.05) is 0 Å². The Balaban J connectivity index is 0.992. The number of hydrogen-bond donors (Lipinski definition) is 13. The summed E-state index contributed by atoms with van der Waals surface area (Å²) < 4.78 is 34.5.